The van der Waals surface area contributed by atoms with Gasteiger partial charge in [-0.25, -0.2) is 18.9 Å². The third-order valence-corrected chi connectivity index (χ3v) is 5.98. The van der Waals surface area contributed by atoms with Crippen molar-refractivity contribution in [3.05, 3.63) is 69.9 Å². The van der Waals surface area contributed by atoms with Crippen molar-refractivity contribution in [2.24, 2.45) is 0 Å². The number of anilines is 1. The summed E-state index contributed by atoms with van der Waals surface area (Å²) >= 11 is 7.56. The van der Waals surface area contributed by atoms with Crippen LogP contribution in [0.1, 0.15) is 5.56 Å². The highest BCUT2D eigenvalue weighted by Crippen LogP contribution is 2.36. The quantitative estimate of drug-likeness (QED) is 0.426. The van der Waals surface area contributed by atoms with Gasteiger partial charge >= 0.3 is 5.69 Å². The number of benzene rings is 2. The summed E-state index contributed by atoms with van der Waals surface area (Å²) in [5.74, 6) is 0.308. The number of hydrogen-bond donors (Lipinski definition) is 1. The maximum atomic E-state index is 12.8. The molecule has 1 amide bonds. The lowest BCUT2D eigenvalue weighted by Crippen LogP contribution is -2.28. The van der Waals surface area contributed by atoms with Crippen LogP contribution >= 0.6 is 23.4 Å². The topological polar surface area (TPSA) is 99.8 Å². The molecule has 170 valence electrons. The smallest absolute Gasteiger partial charge is 0.350 e. The molecule has 0 radical (unpaired) electrons. The monoisotopic (exact) mass is 485 g/mol. The normalized spacial score (nSPS) is 10.9. The fourth-order valence-electron chi connectivity index (χ4n) is 3.17. The van der Waals surface area contributed by atoms with Crippen LogP contribution < -0.4 is 20.5 Å². The predicted octanol–water partition coefficient (Wildman–Crippen LogP) is 3.66. The van der Waals surface area contributed by atoms with Crippen molar-refractivity contribution in [3.8, 4) is 11.5 Å². The van der Waals surface area contributed by atoms with Crippen molar-refractivity contribution >= 4 is 40.6 Å². The zero-order chi connectivity index (χ0) is 23.5. The molecule has 0 saturated heterocycles. The van der Waals surface area contributed by atoms with E-state index < -0.39 is 11.6 Å². The van der Waals surface area contributed by atoms with Gasteiger partial charge in [0.1, 0.15) is 23.1 Å². The first-order valence-corrected chi connectivity index (χ1v) is 11.0. The largest absolute Gasteiger partial charge is 0.495 e. The molecule has 0 unspecified atom stereocenters. The second-order valence-electron chi connectivity index (χ2n) is 7.02. The van der Waals surface area contributed by atoms with E-state index in [1.165, 1.54) is 48.8 Å². The number of ether oxygens (including phenoxy) is 2. The van der Waals surface area contributed by atoms with Gasteiger partial charge in [0, 0.05) is 23.4 Å². The van der Waals surface area contributed by atoms with E-state index in [2.05, 4.69) is 15.4 Å². The number of nitrogens with one attached hydrogen (secondary N) is 1. The number of aryl methyl sites for hydroxylation is 1. The van der Waals surface area contributed by atoms with Crippen molar-refractivity contribution in [2.45, 2.75) is 23.4 Å². The molecule has 0 saturated carbocycles. The van der Waals surface area contributed by atoms with Gasteiger partial charge in [-0.05, 0) is 25.1 Å². The molecule has 0 aliphatic rings. The Bertz CT molecular complexity index is 1400. The number of halogens is 1. The molecule has 0 atom stereocenters. The van der Waals surface area contributed by atoms with E-state index in [4.69, 9.17) is 21.1 Å². The summed E-state index contributed by atoms with van der Waals surface area (Å²) in [7, 11) is 2.94. The number of amides is 1. The van der Waals surface area contributed by atoms with Crippen LogP contribution in [0.3, 0.4) is 0 Å². The summed E-state index contributed by atoms with van der Waals surface area (Å²) in [5, 5.41) is 7.91. The zero-order valence-corrected chi connectivity index (χ0v) is 19.6. The summed E-state index contributed by atoms with van der Waals surface area (Å²) in [4.78, 5) is 30.8. The number of aromatic nitrogens is 4. The highest BCUT2D eigenvalue weighted by Gasteiger charge is 2.17. The average molecular weight is 486 g/mol. The Balaban J connectivity index is 1.59. The van der Waals surface area contributed by atoms with Gasteiger partial charge in [-0.1, -0.05) is 41.1 Å². The summed E-state index contributed by atoms with van der Waals surface area (Å²) in [5.41, 5.74) is 1.38. The van der Waals surface area contributed by atoms with Gasteiger partial charge in [0.05, 0.1) is 24.9 Å². The highest BCUT2D eigenvalue weighted by atomic mass is 35.5. The van der Waals surface area contributed by atoms with Crippen molar-refractivity contribution in [2.75, 3.05) is 19.5 Å². The van der Waals surface area contributed by atoms with Gasteiger partial charge in [-0.2, -0.15) is 0 Å². The molecule has 11 heteroatoms. The lowest BCUT2D eigenvalue weighted by atomic mass is 10.2. The Hall–Kier alpha value is -3.50. The maximum absolute atomic E-state index is 12.8. The second-order valence-corrected chi connectivity index (χ2v) is 8.49. The first-order valence-electron chi connectivity index (χ1n) is 9.79. The van der Waals surface area contributed by atoms with E-state index in [0.29, 0.717) is 32.9 Å². The first-order chi connectivity index (χ1) is 15.9. The molecule has 0 aliphatic heterocycles. The molecule has 0 bridgehead atoms. The Morgan fingerprint density at radius 2 is 1.97 bits per heavy atom. The second kappa shape index (κ2) is 9.55. The van der Waals surface area contributed by atoms with Gasteiger partial charge in [-0.3, -0.25) is 4.79 Å². The van der Waals surface area contributed by atoms with Crippen LogP contribution in [0, 0.1) is 6.92 Å². The van der Waals surface area contributed by atoms with Crippen LogP contribution in [-0.2, 0) is 11.3 Å². The zero-order valence-electron chi connectivity index (χ0n) is 18.0. The number of fused-ring (bicyclic) bond motifs is 1. The number of rotatable bonds is 7. The summed E-state index contributed by atoms with van der Waals surface area (Å²) in [6.45, 7) is 1.70. The molecular weight excluding hydrogens is 466 g/mol. The number of methoxy groups -OCH3 is 2. The minimum atomic E-state index is -0.471. The molecule has 33 heavy (non-hydrogen) atoms. The van der Waals surface area contributed by atoms with Crippen LogP contribution in [0.2, 0.25) is 5.02 Å². The van der Waals surface area contributed by atoms with Crippen molar-refractivity contribution < 1.29 is 14.3 Å². The fraction of sp³-hybridized carbons (Fsp3) is 0.182. The van der Waals surface area contributed by atoms with E-state index in [1.807, 2.05) is 31.2 Å². The number of carbonyl (C=O) groups is 1. The molecule has 0 fully saturated rings. The van der Waals surface area contributed by atoms with Crippen molar-refractivity contribution in [3.63, 3.8) is 0 Å². The summed E-state index contributed by atoms with van der Waals surface area (Å²) < 4.78 is 12.9. The van der Waals surface area contributed by atoms with Gasteiger partial charge in [0.15, 0.2) is 5.65 Å². The van der Waals surface area contributed by atoms with Crippen LogP contribution in [0.25, 0.3) is 5.65 Å². The van der Waals surface area contributed by atoms with Gasteiger partial charge < -0.3 is 14.8 Å². The lowest BCUT2D eigenvalue weighted by Gasteiger charge is -2.12. The average Bonchev–Trinajstić information content (AvgIpc) is 3.10. The van der Waals surface area contributed by atoms with E-state index in [-0.39, 0.29) is 6.54 Å². The summed E-state index contributed by atoms with van der Waals surface area (Å²) in [6, 6.07) is 11.0. The SMILES string of the molecule is COc1cc(OC)c(NC(=O)Cn2nc3c(Sc4cccc(C)c4)nccn3c2=O)cc1Cl. The number of carbonyl (C=O) groups excluding carboxylic acids is 1. The third-order valence-electron chi connectivity index (χ3n) is 4.71. The molecule has 2 aromatic heterocycles. The molecule has 2 heterocycles. The molecule has 9 nitrogen and oxygen atoms in total. The molecule has 0 spiro atoms. The van der Waals surface area contributed by atoms with Crippen LogP contribution in [0.15, 0.2) is 63.5 Å². The molecule has 0 aliphatic carbocycles. The summed E-state index contributed by atoms with van der Waals surface area (Å²) in [6.07, 6.45) is 3.05. The minimum Gasteiger partial charge on any atom is -0.495 e. The third kappa shape index (κ3) is 4.81. The predicted molar refractivity (Wildman–Crippen MR) is 126 cm³/mol. The standard InChI is InChI=1S/C22H20ClN5O4S/c1-13-5-4-6-14(9-13)33-21-20-26-28(22(30)27(20)8-7-24-21)12-19(29)25-16-10-15(23)17(31-2)11-18(16)32-3/h4-11H,12H2,1-3H3,(H,25,29). The van der Waals surface area contributed by atoms with Crippen molar-refractivity contribution in [1.29, 1.82) is 0 Å². The fourth-order valence-corrected chi connectivity index (χ4v) is 4.37. The number of nitrogens with zero attached hydrogens (tertiary/aromatic N) is 4. The van der Waals surface area contributed by atoms with Crippen LogP contribution in [0.5, 0.6) is 11.5 Å². The van der Waals surface area contributed by atoms with Gasteiger partial charge in [0.2, 0.25) is 5.91 Å². The first kappa shape index (κ1) is 22.7. The molecule has 4 rings (SSSR count). The van der Waals surface area contributed by atoms with Crippen LogP contribution in [0.4, 0.5) is 5.69 Å². The van der Waals surface area contributed by atoms with Crippen molar-refractivity contribution in [1.82, 2.24) is 19.2 Å². The number of hydrogen-bond acceptors (Lipinski definition) is 7. The Morgan fingerprint density at radius 3 is 2.70 bits per heavy atom. The minimum absolute atomic E-state index is 0.304. The Morgan fingerprint density at radius 1 is 1.18 bits per heavy atom. The van der Waals surface area contributed by atoms with Crippen LogP contribution in [-0.4, -0.2) is 39.3 Å². The molecular formula is C22H20ClN5O4S. The molecule has 4 aromatic rings. The lowest BCUT2D eigenvalue weighted by molar-refractivity contribution is -0.117. The van der Waals surface area contributed by atoms with E-state index in [1.54, 1.807) is 6.07 Å². The maximum Gasteiger partial charge on any atom is 0.350 e. The van der Waals surface area contributed by atoms with E-state index in [0.717, 1.165) is 15.1 Å². The van der Waals surface area contributed by atoms with Gasteiger partial charge in [-0.15, -0.1) is 5.10 Å². The van der Waals surface area contributed by atoms with E-state index >= 15 is 0 Å². The van der Waals surface area contributed by atoms with Gasteiger partial charge in [0.25, 0.3) is 0 Å². The highest BCUT2D eigenvalue weighted by molar-refractivity contribution is 7.99. The van der Waals surface area contributed by atoms with E-state index in [9.17, 15) is 9.59 Å². The molecule has 2 aromatic carbocycles. The Labute approximate surface area is 198 Å². The molecule has 1 N–H and O–H groups in total. The Kier molecular flexibility index (Phi) is 6.57.